The number of rotatable bonds is 5. The number of hydrogen-bond acceptors (Lipinski definition) is 5. The average Bonchev–Trinajstić information content (AvgIpc) is 3.67. The topological polar surface area (TPSA) is 58.6 Å². The zero-order chi connectivity index (χ0) is 21.9. The van der Waals surface area contributed by atoms with Crippen LogP contribution in [0.4, 0.5) is 0 Å². The van der Waals surface area contributed by atoms with Gasteiger partial charge in [-0.15, -0.1) is 0 Å². The molecule has 0 N–H and O–H groups in total. The van der Waals surface area contributed by atoms with Crippen LogP contribution in [-0.4, -0.2) is 65.5 Å². The van der Waals surface area contributed by atoms with Crippen LogP contribution >= 0.6 is 0 Å². The molecule has 1 saturated carbocycles. The normalized spacial score (nSPS) is 22.0. The number of carbonyl (C=O) groups is 1. The number of benzene rings is 1. The van der Waals surface area contributed by atoms with E-state index in [1.807, 2.05) is 30.3 Å². The lowest BCUT2D eigenvalue weighted by molar-refractivity contribution is -0.135. The van der Waals surface area contributed by atoms with Crippen molar-refractivity contribution in [3.05, 3.63) is 41.6 Å². The molecule has 5 rings (SSSR count). The molecule has 1 aromatic carbocycles. The minimum absolute atomic E-state index is 0.0593. The molecule has 1 amide bonds. The van der Waals surface area contributed by atoms with Gasteiger partial charge in [-0.2, -0.15) is 4.98 Å². The predicted molar refractivity (Wildman–Crippen MR) is 125 cm³/mol. The summed E-state index contributed by atoms with van der Waals surface area (Å²) >= 11 is 0. The second-order valence-electron chi connectivity index (χ2n) is 9.65. The maximum absolute atomic E-state index is 13.4. The summed E-state index contributed by atoms with van der Waals surface area (Å²) in [5, 5.41) is 0. The molecule has 6 heteroatoms. The van der Waals surface area contributed by atoms with Crippen molar-refractivity contribution < 1.29 is 9.53 Å². The van der Waals surface area contributed by atoms with Gasteiger partial charge in [0.2, 0.25) is 11.8 Å². The summed E-state index contributed by atoms with van der Waals surface area (Å²) in [6.07, 6.45) is 6.88. The van der Waals surface area contributed by atoms with Crippen LogP contribution in [0.5, 0.6) is 5.88 Å². The number of aromatic nitrogens is 2. The fraction of sp³-hybridized carbons (Fsp3) is 0.577. The SMILES string of the molecule is CN1CCCN(C(=O)C2CCc3nc(-c4ccccc4)nc(OCC4CC4)c3CC2)CC1. The molecule has 32 heavy (non-hydrogen) atoms. The molecule has 2 heterocycles. The van der Waals surface area contributed by atoms with Crippen LogP contribution in [0.25, 0.3) is 11.4 Å². The smallest absolute Gasteiger partial charge is 0.225 e. The molecule has 6 nitrogen and oxygen atoms in total. The van der Waals surface area contributed by atoms with Gasteiger partial charge in [0.1, 0.15) is 0 Å². The van der Waals surface area contributed by atoms with Crippen LogP contribution in [0, 0.1) is 11.8 Å². The Balaban J connectivity index is 1.36. The Bertz CT molecular complexity index is 944. The summed E-state index contributed by atoms with van der Waals surface area (Å²) < 4.78 is 6.23. The van der Waals surface area contributed by atoms with Crippen LogP contribution in [0.3, 0.4) is 0 Å². The minimum atomic E-state index is 0.0593. The number of fused-ring (bicyclic) bond motifs is 1. The third-order valence-corrected chi connectivity index (χ3v) is 7.09. The average molecular weight is 435 g/mol. The van der Waals surface area contributed by atoms with Crippen LogP contribution in [0.2, 0.25) is 0 Å². The zero-order valence-electron chi connectivity index (χ0n) is 19.1. The first-order valence-electron chi connectivity index (χ1n) is 12.2. The molecule has 1 atom stereocenters. The van der Waals surface area contributed by atoms with E-state index in [1.165, 1.54) is 12.8 Å². The number of likely N-dealkylation sites (N-methyl/N-ethyl adjacent to an activating group) is 1. The number of carbonyl (C=O) groups excluding carboxylic acids is 1. The Hall–Kier alpha value is -2.47. The number of aryl methyl sites for hydroxylation is 1. The van der Waals surface area contributed by atoms with Gasteiger partial charge in [-0.05, 0) is 64.5 Å². The quantitative estimate of drug-likeness (QED) is 0.673. The van der Waals surface area contributed by atoms with Crippen molar-refractivity contribution in [2.45, 2.75) is 44.9 Å². The van der Waals surface area contributed by atoms with E-state index in [0.717, 1.165) is 93.4 Å². The molecule has 1 unspecified atom stereocenters. The fourth-order valence-corrected chi connectivity index (χ4v) is 4.83. The molecule has 0 bridgehead atoms. The maximum atomic E-state index is 13.4. The molecule has 1 aromatic heterocycles. The molecule has 2 aliphatic carbocycles. The van der Waals surface area contributed by atoms with E-state index in [0.29, 0.717) is 11.8 Å². The molecule has 2 fully saturated rings. The monoisotopic (exact) mass is 434 g/mol. The molecule has 0 radical (unpaired) electrons. The van der Waals surface area contributed by atoms with Gasteiger partial charge in [0.05, 0.1) is 12.3 Å². The van der Waals surface area contributed by atoms with E-state index >= 15 is 0 Å². The van der Waals surface area contributed by atoms with Crippen LogP contribution < -0.4 is 4.74 Å². The molecule has 170 valence electrons. The van der Waals surface area contributed by atoms with Crippen molar-refractivity contribution in [3.63, 3.8) is 0 Å². The van der Waals surface area contributed by atoms with Gasteiger partial charge in [-0.25, -0.2) is 4.98 Å². The number of nitrogens with zero attached hydrogens (tertiary/aromatic N) is 4. The van der Waals surface area contributed by atoms with Gasteiger partial charge in [-0.1, -0.05) is 30.3 Å². The van der Waals surface area contributed by atoms with Gasteiger partial charge in [-0.3, -0.25) is 4.79 Å². The molecule has 1 saturated heterocycles. The van der Waals surface area contributed by atoms with Gasteiger partial charge in [0.25, 0.3) is 0 Å². The van der Waals surface area contributed by atoms with Gasteiger partial charge >= 0.3 is 0 Å². The lowest BCUT2D eigenvalue weighted by Gasteiger charge is -2.25. The van der Waals surface area contributed by atoms with Crippen molar-refractivity contribution in [1.29, 1.82) is 0 Å². The van der Waals surface area contributed by atoms with E-state index in [1.54, 1.807) is 0 Å². The first-order chi connectivity index (χ1) is 15.7. The van der Waals surface area contributed by atoms with Crippen molar-refractivity contribution in [2.75, 3.05) is 39.8 Å². The Kier molecular flexibility index (Phi) is 6.39. The molecule has 2 aromatic rings. The fourth-order valence-electron chi connectivity index (χ4n) is 4.83. The third kappa shape index (κ3) is 4.96. The molecular weight excluding hydrogens is 400 g/mol. The van der Waals surface area contributed by atoms with E-state index in [-0.39, 0.29) is 5.92 Å². The van der Waals surface area contributed by atoms with Crippen molar-refractivity contribution >= 4 is 5.91 Å². The Morgan fingerprint density at radius 1 is 1.00 bits per heavy atom. The highest BCUT2D eigenvalue weighted by atomic mass is 16.5. The van der Waals surface area contributed by atoms with Crippen molar-refractivity contribution in [2.24, 2.45) is 11.8 Å². The number of hydrogen-bond donors (Lipinski definition) is 0. The van der Waals surface area contributed by atoms with Gasteiger partial charge < -0.3 is 14.5 Å². The summed E-state index contributed by atoms with van der Waals surface area (Å²) in [6, 6.07) is 10.1. The summed E-state index contributed by atoms with van der Waals surface area (Å²) in [5.74, 6) is 2.52. The van der Waals surface area contributed by atoms with E-state index < -0.39 is 0 Å². The summed E-state index contributed by atoms with van der Waals surface area (Å²) in [7, 11) is 2.14. The number of amides is 1. The highest BCUT2D eigenvalue weighted by Gasteiger charge is 2.30. The summed E-state index contributed by atoms with van der Waals surface area (Å²) in [4.78, 5) is 27.6. The van der Waals surface area contributed by atoms with E-state index in [2.05, 4.69) is 16.8 Å². The Morgan fingerprint density at radius 3 is 2.62 bits per heavy atom. The first-order valence-corrected chi connectivity index (χ1v) is 12.2. The van der Waals surface area contributed by atoms with Crippen molar-refractivity contribution in [3.8, 4) is 17.3 Å². The van der Waals surface area contributed by atoms with E-state index in [9.17, 15) is 4.79 Å². The number of ether oxygens (including phenoxy) is 1. The second kappa shape index (κ2) is 9.57. The van der Waals surface area contributed by atoms with Crippen LogP contribution in [0.1, 0.15) is 43.4 Å². The Labute approximate surface area is 191 Å². The summed E-state index contributed by atoms with van der Waals surface area (Å²) in [5.41, 5.74) is 3.20. The lowest BCUT2D eigenvalue weighted by Crippen LogP contribution is -2.38. The van der Waals surface area contributed by atoms with Gasteiger partial charge in [0, 0.05) is 36.7 Å². The molecule has 0 spiro atoms. The second-order valence-corrected chi connectivity index (χ2v) is 9.65. The highest BCUT2D eigenvalue weighted by Crippen LogP contribution is 2.34. The standard InChI is InChI=1S/C26H34N4O2/c1-29-14-5-15-30(17-16-29)26(31)21-10-12-22-23(13-11-21)27-24(20-6-3-2-4-7-20)28-25(22)32-18-19-8-9-19/h2-4,6-7,19,21H,5,8-18H2,1H3. The molecule has 1 aliphatic heterocycles. The summed E-state index contributed by atoms with van der Waals surface area (Å²) in [6.45, 7) is 4.48. The zero-order valence-corrected chi connectivity index (χ0v) is 19.1. The van der Waals surface area contributed by atoms with Crippen LogP contribution in [0.15, 0.2) is 30.3 Å². The lowest BCUT2D eigenvalue weighted by atomic mass is 9.98. The predicted octanol–water partition coefficient (Wildman–Crippen LogP) is 3.59. The Morgan fingerprint density at radius 2 is 1.81 bits per heavy atom. The first kappa shape index (κ1) is 21.4. The van der Waals surface area contributed by atoms with Crippen LogP contribution in [-0.2, 0) is 17.6 Å². The third-order valence-electron chi connectivity index (χ3n) is 7.09. The van der Waals surface area contributed by atoms with Gasteiger partial charge in [0.15, 0.2) is 5.82 Å². The highest BCUT2D eigenvalue weighted by molar-refractivity contribution is 5.79. The van der Waals surface area contributed by atoms with E-state index in [4.69, 9.17) is 14.7 Å². The minimum Gasteiger partial charge on any atom is -0.477 e. The molecular formula is C26H34N4O2. The molecule has 3 aliphatic rings. The largest absolute Gasteiger partial charge is 0.477 e. The van der Waals surface area contributed by atoms with Crippen molar-refractivity contribution in [1.82, 2.24) is 19.8 Å². The maximum Gasteiger partial charge on any atom is 0.225 e.